The van der Waals surface area contributed by atoms with Crippen molar-refractivity contribution in [2.24, 2.45) is 0 Å². The van der Waals surface area contributed by atoms with Crippen LogP contribution in [-0.4, -0.2) is 49.3 Å². The van der Waals surface area contributed by atoms with Crippen molar-refractivity contribution in [1.82, 2.24) is 10.2 Å². The Morgan fingerprint density at radius 3 is 2.84 bits per heavy atom. The monoisotopic (exact) mass is 262 g/mol. The molecule has 4 nitrogen and oxygen atoms in total. The lowest BCUT2D eigenvalue weighted by atomic mass is 9.84. The molecule has 1 aromatic carbocycles. The molecule has 1 fully saturated rings. The first-order chi connectivity index (χ1) is 9.29. The molecule has 0 spiro atoms. The van der Waals surface area contributed by atoms with Gasteiger partial charge in [-0.3, -0.25) is 4.90 Å². The van der Waals surface area contributed by atoms with Crippen LogP contribution in [0.25, 0.3) is 0 Å². The van der Waals surface area contributed by atoms with Crippen LogP contribution in [0.3, 0.4) is 0 Å². The summed E-state index contributed by atoms with van der Waals surface area (Å²) in [5.74, 6) is 0.881. The van der Waals surface area contributed by atoms with Crippen molar-refractivity contribution >= 4 is 0 Å². The number of methoxy groups -OCH3 is 1. The number of nitrogens with one attached hydrogen (secondary N) is 1. The quantitative estimate of drug-likeness (QED) is 0.833. The molecular formula is C15H22N2O2. The molecule has 2 unspecified atom stereocenters. The van der Waals surface area contributed by atoms with Crippen molar-refractivity contribution in [3.05, 3.63) is 29.3 Å². The number of nitrogens with zero attached hydrogens (tertiary/aromatic N) is 1. The molecule has 2 aliphatic rings. The zero-order valence-corrected chi connectivity index (χ0v) is 11.4. The first-order valence-electron chi connectivity index (χ1n) is 7.09. The Morgan fingerprint density at radius 1 is 1.32 bits per heavy atom. The fourth-order valence-electron chi connectivity index (χ4n) is 3.28. The molecule has 1 saturated heterocycles. The molecule has 1 aliphatic heterocycles. The first-order valence-corrected chi connectivity index (χ1v) is 7.09. The minimum atomic E-state index is -0.368. The molecule has 0 amide bonds. The minimum absolute atomic E-state index is 0.267. The van der Waals surface area contributed by atoms with Crippen LogP contribution in [-0.2, 0) is 6.42 Å². The third-order valence-corrected chi connectivity index (χ3v) is 4.36. The van der Waals surface area contributed by atoms with Crippen molar-refractivity contribution in [1.29, 1.82) is 0 Å². The number of hydrogen-bond donors (Lipinski definition) is 2. The van der Waals surface area contributed by atoms with Gasteiger partial charge < -0.3 is 15.2 Å². The molecule has 2 atom stereocenters. The zero-order valence-electron chi connectivity index (χ0n) is 11.4. The Labute approximate surface area is 114 Å². The number of hydrogen-bond acceptors (Lipinski definition) is 4. The maximum atomic E-state index is 10.6. The van der Waals surface area contributed by atoms with Gasteiger partial charge in [-0.05, 0) is 36.1 Å². The van der Waals surface area contributed by atoms with E-state index in [1.807, 2.05) is 12.1 Å². The number of aryl methyl sites for hydroxylation is 1. The SMILES string of the molecule is COc1ccc2c(c1)CCC(N1CCNCC1)C2O. The molecule has 1 aromatic rings. The number of ether oxygens (including phenoxy) is 1. The minimum Gasteiger partial charge on any atom is -0.497 e. The Balaban J connectivity index is 1.81. The average molecular weight is 262 g/mol. The zero-order chi connectivity index (χ0) is 13.2. The van der Waals surface area contributed by atoms with Gasteiger partial charge in [0.2, 0.25) is 0 Å². The second-order valence-corrected chi connectivity index (χ2v) is 5.40. The van der Waals surface area contributed by atoms with Crippen molar-refractivity contribution in [3.8, 4) is 5.75 Å². The molecular weight excluding hydrogens is 240 g/mol. The summed E-state index contributed by atoms with van der Waals surface area (Å²) in [6.45, 7) is 4.12. The molecule has 104 valence electrons. The first kappa shape index (κ1) is 12.9. The smallest absolute Gasteiger partial charge is 0.119 e. The third-order valence-electron chi connectivity index (χ3n) is 4.36. The van der Waals surface area contributed by atoms with Crippen LogP contribution < -0.4 is 10.1 Å². The summed E-state index contributed by atoms with van der Waals surface area (Å²) in [5, 5.41) is 14.0. The molecule has 0 radical (unpaired) electrons. The number of benzene rings is 1. The summed E-state index contributed by atoms with van der Waals surface area (Å²) in [4.78, 5) is 2.42. The fourth-order valence-corrected chi connectivity index (χ4v) is 3.28. The van der Waals surface area contributed by atoms with Crippen LogP contribution in [0.2, 0.25) is 0 Å². The number of fused-ring (bicyclic) bond motifs is 1. The van der Waals surface area contributed by atoms with E-state index in [-0.39, 0.29) is 12.1 Å². The number of piperazine rings is 1. The van der Waals surface area contributed by atoms with Gasteiger partial charge in [0, 0.05) is 32.2 Å². The highest BCUT2D eigenvalue weighted by Crippen LogP contribution is 2.34. The predicted molar refractivity (Wildman–Crippen MR) is 74.5 cm³/mol. The summed E-state index contributed by atoms with van der Waals surface area (Å²) in [5.41, 5.74) is 2.31. The number of aliphatic hydroxyl groups excluding tert-OH is 1. The van der Waals surface area contributed by atoms with Crippen molar-refractivity contribution in [3.63, 3.8) is 0 Å². The fraction of sp³-hybridized carbons (Fsp3) is 0.600. The van der Waals surface area contributed by atoms with Crippen LogP contribution >= 0.6 is 0 Å². The van der Waals surface area contributed by atoms with Crippen LogP contribution in [0, 0.1) is 0 Å². The lowest BCUT2D eigenvalue weighted by Crippen LogP contribution is -2.51. The highest BCUT2D eigenvalue weighted by Gasteiger charge is 2.32. The Morgan fingerprint density at radius 2 is 2.11 bits per heavy atom. The van der Waals surface area contributed by atoms with E-state index in [2.05, 4.69) is 16.3 Å². The van der Waals surface area contributed by atoms with Crippen LogP contribution in [0.5, 0.6) is 5.75 Å². The molecule has 0 aromatic heterocycles. The summed E-state index contributed by atoms with van der Waals surface area (Å²) in [7, 11) is 1.69. The van der Waals surface area contributed by atoms with Crippen LogP contribution in [0.1, 0.15) is 23.7 Å². The molecule has 2 N–H and O–H groups in total. The van der Waals surface area contributed by atoms with E-state index >= 15 is 0 Å². The molecule has 0 saturated carbocycles. The van der Waals surface area contributed by atoms with Crippen molar-refractivity contribution in [2.75, 3.05) is 33.3 Å². The van der Waals surface area contributed by atoms with E-state index in [0.29, 0.717) is 0 Å². The highest BCUT2D eigenvalue weighted by molar-refractivity contribution is 5.39. The van der Waals surface area contributed by atoms with E-state index < -0.39 is 0 Å². The van der Waals surface area contributed by atoms with E-state index in [1.165, 1.54) is 5.56 Å². The predicted octanol–water partition coefficient (Wildman–Crippen LogP) is 0.949. The van der Waals surface area contributed by atoms with E-state index in [0.717, 1.165) is 50.3 Å². The number of aliphatic hydroxyl groups is 1. The van der Waals surface area contributed by atoms with Gasteiger partial charge in [-0.2, -0.15) is 0 Å². The lowest BCUT2D eigenvalue weighted by Gasteiger charge is -2.40. The molecule has 19 heavy (non-hydrogen) atoms. The maximum Gasteiger partial charge on any atom is 0.119 e. The van der Waals surface area contributed by atoms with Crippen LogP contribution in [0.15, 0.2) is 18.2 Å². The Kier molecular flexibility index (Phi) is 3.73. The highest BCUT2D eigenvalue weighted by atomic mass is 16.5. The third kappa shape index (κ3) is 2.48. The van der Waals surface area contributed by atoms with Gasteiger partial charge in [-0.15, -0.1) is 0 Å². The normalized spacial score (nSPS) is 27.9. The van der Waals surface area contributed by atoms with E-state index in [9.17, 15) is 5.11 Å². The largest absolute Gasteiger partial charge is 0.497 e. The van der Waals surface area contributed by atoms with Crippen molar-refractivity contribution < 1.29 is 9.84 Å². The molecule has 3 rings (SSSR count). The van der Waals surface area contributed by atoms with Gasteiger partial charge in [0.1, 0.15) is 5.75 Å². The summed E-state index contributed by atoms with van der Waals surface area (Å²) < 4.78 is 5.26. The summed E-state index contributed by atoms with van der Waals surface area (Å²) in [6.07, 6.45) is 1.69. The average Bonchev–Trinajstić information content (AvgIpc) is 2.48. The molecule has 1 heterocycles. The topological polar surface area (TPSA) is 44.7 Å². The molecule has 4 heteroatoms. The van der Waals surface area contributed by atoms with Gasteiger partial charge in [0.25, 0.3) is 0 Å². The second-order valence-electron chi connectivity index (χ2n) is 5.40. The van der Waals surface area contributed by atoms with Gasteiger partial charge >= 0.3 is 0 Å². The molecule has 1 aliphatic carbocycles. The Hall–Kier alpha value is -1.10. The second kappa shape index (κ2) is 5.49. The van der Waals surface area contributed by atoms with Gasteiger partial charge in [-0.1, -0.05) is 6.07 Å². The molecule has 0 bridgehead atoms. The van der Waals surface area contributed by atoms with Gasteiger partial charge in [0.05, 0.1) is 13.2 Å². The van der Waals surface area contributed by atoms with Crippen LogP contribution in [0.4, 0.5) is 0 Å². The van der Waals surface area contributed by atoms with Gasteiger partial charge in [0.15, 0.2) is 0 Å². The van der Waals surface area contributed by atoms with E-state index in [4.69, 9.17) is 4.74 Å². The maximum absolute atomic E-state index is 10.6. The summed E-state index contributed by atoms with van der Waals surface area (Å²) in [6, 6.07) is 6.30. The van der Waals surface area contributed by atoms with Gasteiger partial charge in [-0.25, -0.2) is 0 Å². The standard InChI is InChI=1S/C15H22N2O2/c1-19-12-3-4-13-11(10-12)2-5-14(15(13)18)17-8-6-16-7-9-17/h3-4,10,14-16,18H,2,5-9H2,1H3. The van der Waals surface area contributed by atoms with E-state index in [1.54, 1.807) is 7.11 Å². The number of rotatable bonds is 2. The van der Waals surface area contributed by atoms with Crippen molar-refractivity contribution in [2.45, 2.75) is 25.0 Å². The lowest BCUT2D eigenvalue weighted by molar-refractivity contribution is 0.0297. The summed E-state index contributed by atoms with van der Waals surface area (Å²) >= 11 is 0. The Bertz CT molecular complexity index is 444.